The van der Waals surface area contributed by atoms with Crippen molar-refractivity contribution in [1.82, 2.24) is 4.98 Å². The summed E-state index contributed by atoms with van der Waals surface area (Å²) in [5, 5.41) is 3.00. The molecule has 0 aliphatic heterocycles. The molecule has 0 radical (unpaired) electrons. The first kappa shape index (κ1) is 13.8. The van der Waals surface area contributed by atoms with E-state index in [1.165, 1.54) is 0 Å². The van der Waals surface area contributed by atoms with E-state index in [4.69, 9.17) is 5.73 Å². The summed E-state index contributed by atoms with van der Waals surface area (Å²) in [6, 6.07) is 1.89. The second-order valence-corrected chi connectivity index (χ2v) is 5.31. The van der Waals surface area contributed by atoms with Gasteiger partial charge >= 0.3 is 0 Å². The van der Waals surface area contributed by atoms with Gasteiger partial charge in [0.05, 0.1) is 17.6 Å². The molecular formula is C14H22N4O. The van der Waals surface area contributed by atoms with Crippen molar-refractivity contribution >= 4 is 17.3 Å². The Morgan fingerprint density at radius 1 is 1.53 bits per heavy atom. The lowest BCUT2D eigenvalue weighted by molar-refractivity contribution is -0.120. The van der Waals surface area contributed by atoms with Crippen molar-refractivity contribution in [3.63, 3.8) is 0 Å². The molecule has 1 aliphatic carbocycles. The van der Waals surface area contributed by atoms with E-state index in [1.54, 1.807) is 12.4 Å². The van der Waals surface area contributed by atoms with Crippen LogP contribution in [0.25, 0.3) is 0 Å². The Morgan fingerprint density at radius 3 is 3.00 bits per heavy atom. The molecule has 3 N–H and O–H groups in total. The number of rotatable bonds is 4. The van der Waals surface area contributed by atoms with Gasteiger partial charge in [0.2, 0.25) is 5.91 Å². The molecule has 1 aliphatic rings. The van der Waals surface area contributed by atoms with Crippen LogP contribution in [0.2, 0.25) is 0 Å². The molecule has 1 heterocycles. The van der Waals surface area contributed by atoms with E-state index >= 15 is 0 Å². The average Bonchev–Trinajstić information content (AvgIpc) is 2.87. The molecule has 1 aromatic heterocycles. The molecule has 5 nitrogen and oxygen atoms in total. The minimum atomic E-state index is 0.0419. The molecule has 5 heteroatoms. The van der Waals surface area contributed by atoms with Crippen LogP contribution in [0.15, 0.2) is 18.5 Å². The first-order valence-corrected chi connectivity index (χ1v) is 6.75. The fourth-order valence-corrected chi connectivity index (χ4v) is 2.76. The number of carbonyl (C=O) groups is 1. The van der Waals surface area contributed by atoms with Crippen LogP contribution >= 0.6 is 0 Å². The predicted molar refractivity (Wildman–Crippen MR) is 77.1 cm³/mol. The average molecular weight is 262 g/mol. The second kappa shape index (κ2) is 6.02. The highest BCUT2D eigenvalue weighted by Crippen LogP contribution is 2.32. The number of aromatic nitrogens is 1. The van der Waals surface area contributed by atoms with Crippen LogP contribution in [0.1, 0.15) is 19.3 Å². The first-order valence-electron chi connectivity index (χ1n) is 6.75. The van der Waals surface area contributed by atoms with Crippen molar-refractivity contribution in [3.05, 3.63) is 18.5 Å². The van der Waals surface area contributed by atoms with Crippen molar-refractivity contribution in [2.45, 2.75) is 19.3 Å². The van der Waals surface area contributed by atoms with E-state index in [0.717, 1.165) is 30.6 Å². The fraction of sp³-hybridized carbons (Fsp3) is 0.571. The van der Waals surface area contributed by atoms with Gasteiger partial charge in [0.25, 0.3) is 0 Å². The number of nitrogens with one attached hydrogen (secondary N) is 1. The zero-order chi connectivity index (χ0) is 13.8. The summed E-state index contributed by atoms with van der Waals surface area (Å²) in [5.74, 6) is 0.434. The number of amides is 1. The molecule has 1 amide bonds. The van der Waals surface area contributed by atoms with Crippen LogP contribution in [-0.4, -0.2) is 31.5 Å². The Bertz CT molecular complexity index is 447. The third-order valence-corrected chi connectivity index (χ3v) is 3.84. The Kier molecular flexibility index (Phi) is 4.37. The van der Waals surface area contributed by atoms with E-state index in [0.29, 0.717) is 12.5 Å². The monoisotopic (exact) mass is 262 g/mol. The molecule has 1 fully saturated rings. The van der Waals surface area contributed by atoms with Gasteiger partial charge in [0.1, 0.15) is 0 Å². The first-order chi connectivity index (χ1) is 9.13. The highest BCUT2D eigenvalue weighted by molar-refractivity contribution is 5.95. The summed E-state index contributed by atoms with van der Waals surface area (Å²) in [7, 11) is 3.90. The number of hydrogen-bond acceptors (Lipinski definition) is 4. The minimum Gasteiger partial charge on any atom is -0.376 e. The third kappa shape index (κ3) is 3.04. The maximum Gasteiger partial charge on any atom is 0.227 e. The highest BCUT2D eigenvalue weighted by Gasteiger charge is 2.32. The van der Waals surface area contributed by atoms with E-state index in [9.17, 15) is 4.79 Å². The summed E-state index contributed by atoms with van der Waals surface area (Å²) in [5.41, 5.74) is 7.46. The van der Waals surface area contributed by atoms with Gasteiger partial charge in [-0.2, -0.15) is 0 Å². The minimum absolute atomic E-state index is 0.0419. The third-order valence-electron chi connectivity index (χ3n) is 3.84. The topological polar surface area (TPSA) is 71.2 Å². The maximum atomic E-state index is 12.3. The van der Waals surface area contributed by atoms with Gasteiger partial charge in [-0.1, -0.05) is 6.42 Å². The highest BCUT2D eigenvalue weighted by atomic mass is 16.1. The van der Waals surface area contributed by atoms with Crippen LogP contribution in [0.3, 0.4) is 0 Å². The van der Waals surface area contributed by atoms with Gasteiger partial charge in [0.15, 0.2) is 0 Å². The van der Waals surface area contributed by atoms with Crippen molar-refractivity contribution in [2.75, 3.05) is 30.9 Å². The SMILES string of the molecule is CN(C)c1ccncc1NC(=O)C1CCCC1CN. The molecule has 1 saturated carbocycles. The lowest BCUT2D eigenvalue weighted by Gasteiger charge is -2.21. The van der Waals surface area contributed by atoms with Gasteiger partial charge < -0.3 is 16.0 Å². The fourth-order valence-electron chi connectivity index (χ4n) is 2.76. The second-order valence-electron chi connectivity index (χ2n) is 5.31. The molecule has 0 bridgehead atoms. The Morgan fingerprint density at radius 2 is 2.32 bits per heavy atom. The number of pyridine rings is 1. The summed E-state index contributed by atoms with van der Waals surface area (Å²) >= 11 is 0. The zero-order valence-corrected chi connectivity index (χ0v) is 11.6. The molecule has 0 spiro atoms. The van der Waals surface area contributed by atoms with Crippen molar-refractivity contribution in [2.24, 2.45) is 17.6 Å². The van der Waals surface area contributed by atoms with E-state index in [2.05, 4.69) is 10.3 Å². The molecule has 2 rings (SSSR count). The normalized spacial score (nSPS) is 22.3. The lowest BCUT2D eigenvalue weighted by Crippen LogP contribution is -2.30. The van der Waals surface area contributed by atoms with E-state index < -0.39 is 0 Å². The molecule has 19 heavy (non-hydrogen) atoms. The van der Waals surface area contributed by atoms with Gasteiger partial charge in [-0.05, 0) is 31.4 Å². The van der Waals surface area contributed by atoms with Crippen LogP contribution in [0, 0.1) is 11.8 Å². The van der Waals surface area contributed by atoms with Crippen LogP contribution in [0.4, 0.5) is 11.4 Å². The van der Waals surface area contributed by atoms with E-state index in [-0.39, 0.29) is 11.8 Å². The molecule has 1 aromatic rings. The van der Waals surface area contributed by atoms with Crippen molar-refractivity contribution < 1.29 is 4.79 Å². The number of carbonyl (C=O) groups excluding carboxylic acids is 1. The van der Waals surface area contributed by atoms with Crippen molar-refractivity contribution in [1.29, 1.82) is 0 Å². The molecule has 104 valence electrons. The van der Waals surface area contributed by atoms with Gasteiger partial charge in [0, 0.05) is 26.2 Å². The number of nitrogens with zero attached hydrogens (tertiary/aromatic N) is 2. The summed E-state index contributed by atoms with van der Waals surface area (Å²) in [6.45, 7) is 0.589. The summed E-state index contributed by atoms with van der Waals surface area (Å²) in [6.07, 6.45) is 6.50. The maximum absolute atomic E-state index is 12.3. The Balaban J connectivity index is 2.11. The number of nitrogens with two attached hydrogens (primary N) is 1. The Labute approximate surface area is 114 Å². The van der Waals surface area contributed by atoms with Crippen LogP contribution in [-0.2, 0) is 4.79 Å². The largest absolute Gasteiger partial charge is 0.376 e. The van der Waals surface area contributed by atoms with E-state index in [1.807, 2.05) is 25.1 Å². The molecule has 0 saturated heterocycles. The van der Waals surface area contributed by atoms with Gasteiger partial charge in [-0.15, -0.1) is 0 Å². The zero-order valence-electron chi connectivity index (χ0n) is 11.6. The van der Waals surface area contributed by atoms with Gasteiger partial charge in [-0.25, -0.2) is 0 Å². The molecular weight excluding hydrogens is 240 g/mol. The number of anilines is 2. The quantitative estimate of drug-likeness (QED) is 0.861. The molecule has 0 aromatic carbocycles. The summed E-state index contributed by atoms with van der Waals surface area (Å²) in [4.78, 5) is 18.4. The van der Waals surface area contributed by atoms with Gasteiger partial charge in [-0.3, -0.25) is 9.78 Å². The lowest BCUT2D eigenvalue weighted by atomic mass is 9.95. The standard InChI is InChI=1S/C14H22N4O/c1-18(2)13-6-7-16-9-12(13)17-14(19)11-5-3-4-10(11)8-15/h6-7,9-11H,3-5,8,15H2,1-2H3,(H,17,19). The predicted octanol–water partition coefficient (Wildman–Crippen LogP) is 1.46. The van der Waals surface area contributed by atoms with Crippen molar-refractivity contribution in [3.8, 4) is 0 Å². The number of hydrogen-bond donors (Lipinski definition) is 2. The summed E-state index contributed by atoms with van der Waals surface area (Å²) < 4.78 is 0. The Hall–Kier alpha value is -1.62. The molecule has 2 atom stereocenters. The molecule has 2 unspecified atom stereocenters. The van der Waals surface area contributed by atoms with Crippen LogP contribution in [0.5, 0.6) is 0 Å². The smallest absolute Gasteiger partial charge is 0.227 e. The van der Waals surface area contributed by atoms with Crippen LogP contribution < -0.4 is 16.0 Å².